The smallest absolute Gasteiger partial charge is 0.316 e. The Balaban J connectivity index is 2.40. The number of carbonyl (C=O) groups excluding carboxylic acids is 1. The zero-order valence-corrected chi connectivity index (χ0v) is 10.1. The molecule has 0 heterocycles. The van der Waals surface area contributed by atoms with Gasteiger partial charge < -0.3 is 4.74 Å². The van der Waals surface area contributed by atoms with Crippen molar-refractivity contribution in [2.45, 2.75) is 17.7 Å². The van der Waals surface area contributed by atoms with Crippen LogP contribution in [0.15, 0.2) is 29.2 Å². The number of ether oxygens (including phenoxy) is 1. The van der Waals surface area contributed by atoms with E-state index in [4.69, 9.17) is 16.3 Å². The largest absolute Gasteiger partial charge is 0.465 e. The van der Waals surface area contributed by atoms with E-state index in [9.17, 15) is 4.79 Å². The number of carbonyl (C=O) groups is 1. The fourth-order valence-electron chi connectivity index (χ4n) is 1.02. The second-order valence-electron chi connectivity index (χ2n) is 2.87. The van der Waals surface area contributed by atoms with Gasteiger partial charge in [-0.05, 0) is 24.6 Å². The zero-order chi connectivity index (χ0) is 11.1. The molecule has 0 saturated carbocycles. The molecule has 0 unspecified atom stereocenters. The molecule has 0 radical (unpaired) electrons. The van der Waals surface area contributed by atoms with Gasteiger partial charge in [0.1, 0.15) is 0 Å². The van der Waals surface area contributed by atoms with E-state index in [2.05, 4.69) is 0 Å². The maximum absolute atomic E-state index is 11.1. The molecule has 0 aliphatic carbocycles. The Labute approximate surface area is 99.0 Å². The Bertz CT molecular complexity index is 311. The summed E-state index contributed by atoms with van der Waals surface area (Å²) >= 11 is 7.14. The van der Waals surface area contributed by atoms with Gasteiger partial charge in [-0.25, -0.2) is 0 Å². The molecule has 0 bridgehead atoms. The predicted molar refractivity (Wildman–Crippen MR) is 63.4 cm³/mol. The fraction of sp³-hybridized carbons (Fsp3) is 0.364. The third kappa shape index (κ3) is 4.58. The van der Waals surface area contributed by atoms with Gasteiger partial charge >= 0.3 is 5.97 Å². The van der Waals surface area contributed by atoms with Crippen LogP contribution in [0.25, 0.3) is 0 Å². The lowest BCUT2D eigenvalue weighted by molar-refractivity contribution is -0.139. The highest BCUT2D eigenvalue weighted by Crippen LogP contribution is 2.19. The molecule has 0 aliphatic heterocycles. The van der Waals surface area contributed by atoms with E-state index in [1.54, 1.807) is 6.92 Å². The number of thioether (sulfide) groups is 1. The van der Waals surface area contributed by atoms with Crippen molar-refractivity contribution in [3.05, 3.63) is 29.8 Å². The van der Waals surface area contributed by atoms with Crippen LogP contribution in [-0.2, 0) is 15.4 Å². The van der Waals surface area contributed by atoms with Crippen LogP contribution in [-0.4, -0.2) is 18.3 Å². The first kappa shape index (κ1) is 12.4. The Morgan fingerprint density at radius 2 is 2.07 bits per heavy atom. The lowest BCUT2D eigenvalue weighted by Gasteiger charge is -2.02. The Morgan fingerprint density at radius 1 is 1.40 bits per heavy atom. The van der Waals surface area contributed by atoms with Crippen molar-refractivity contribution in [2.75, 3.05) is 12.4 Å². The third-order valence-electron chi connectivity index (χ3n) is 1.74. The highest BCUT2D eigenvalue weighted by Gasteiger charge is 2.02. The molecule has 0 saturated heterocycles. The van der Waals surface area contributed by atoms with Crippen molar-refractivity contribution in [2.24, 2.45) is 0 Å². The molecule has 2 nitrogen and oxygen atoms in total. The van der Waals surface area contributed by atoms with Crippen molar-refractivity contribution >= 4 is 29.3 Å². The number of alkyl halides is 1. The molecule has 0 spiro atoms. The molecular formula is C11H13ClO2S. The van der Waals surface area contributed by atoms with Crippen molar-refractivity contribution in [3.63, 3.8) is 0 Å². The van der Waals surface area contributed by atoms with E-state index < -0.39 is 0 Å². The van der Waals surface area contributed by atoms with Crippen LogP contribution in [0.1, 0.15) is 12.5 Å². The molecule has 82 valence electrons. The summed E-state index contributed by atoms with van der Waals surface area (Å²) in [5.41, 5.74) is 1.08. The molecule has 0 atom stereocenters. The van der Waals surface area contributed by atoms with Crippen LogP contribution in [0, 0.1) is 0 Å². The summed E-state index contributed by atoms with van der Waals surface area (Å²) in [6.45, 7) is 2.24. The monoisotopic (exact) mass is 244 g/mol. The molecule has 0 N–H and O–H groups in total. The summed E-state index contributed by atoms with van der Waals surface area (Å²) in [5, 5.41) is 0. The second-order valence-corrected chi connectivity index (χ2v) is 4.19. The van der Waals surface area contributed by atoms with Crippen LogP contribution in [0.5, 0.6) is 0 Å². The van der Waals surface area contributed by atoms with Gasteiger partial charge in [0.25, 0.3) is 0 Å². The Hall–Kier alpha value is -0.670. The molecule has 0 fully saturated rings. The number of hydrogen-bond acceptors (Lipinski definition) is 3. The first-order valence-electron chi connectivity index (χ1n) is 4.69. The Kier molecular flexibility index (Phi) is 5.58. The molecule has 1 aromatic carbocycles. The summed E-state index contributed by atoms with van der Waals surface area (Å²) in [6, 6.07) is 7.84. The second kappa shape index (κ2) is 6.75. The third-order valence-corrected chi connectivity index (χ3v) is 3.03. The average molecular weight is 245 g/mol. The minimum Gasteiger partial charge on any atom is -0.465 e. The topological polar surface area (TPSA) is 26.3 Å². The van der Waals surface area contributed by atoms with E-state index in [0.29, 0.717) is 18.2 Å². The van der Waals surface area contributed by atoms with Crippen LogP contribution < -0.4 is 0 Å². The number of esters is 1. The van der Waals surface area contributed by atoms with E-state index in [1.165, 1.54) is 11.8 Å². The van der Waals surface area contributed by atoms with E-state index in [0.717, 1.165) is 10.5 Å². The molecule has 0 amide bonds. The van der Waals surface area contributed by atoms with Crippen LogP contribution >= 0.6 is 23.4 Å². The highest BCUT2D eigenvalue weighted by molar-refractivity contribution is 8.00. The van der Waals surface area contributed by atoms with Crippen molar-refractivity contribution in [1.29, 1.82) is 0 Å². The number of halogens is 1. The van der Waals surface area contributed by atoms with Gasteiger partial charge in [-0.1, -0.05) is 12.1 Å². The fourth-order valence-corrected chi connectivity index (χ4v) is 1.89. The maximum Gasteiger partial charge on any atom is 0.316 e. The average Bonchev–Trinajstić information content (AvgIpc) is 2.27. The van der Waals surface area contributed by atoms with E-state index in [-0.39, 0.29) is 5.97 Å². The summed E-state index contributed by atoms with van der Waals surface area (Å²) in [5.74, 6) is 0.695. The molecular weight excluding hydrogens is 232 g/mol. The SMILES string of the molecule is CCOC(=O)CSc1ccc(CCl)cc1. The van der Waals surface area contributed by atoms with Gasteiger partial charge in [0.05, 0.1) is 12.4 Å². The Morgan fingerprint density at radius 3 is 2.60 bits per heavy atom. The van der Waals surface area contributed by atoms with Crippen molar-refractivity contribution in [1.82, 2.24) is 0 Å². The number of rotatable bonds is 5. The minimum absolute atomic E-state index is 0.177. The summed E-state index contributed by atoms with van der Waals surface area (Å²) in [4.78, 5) is 12.1. The summed E-state index contributed by atoms with van der Waals surface area (Å²) < 4.78 is 4.83. The normalized spacial score (nSPS) is 10.0. The number of hydrogen-bond donors (Lipinski definition) is 0. The predicted octanol–water partition coefficient (Wildman–Crippen LogP) is 3.08. The molecule has 1 aromatic rings. The van der Waals surface area contributed by atoms with Gasteiger partial charge in [-0.3, -0.25) is 4.79 Å². The molecule has 0 aromatic heterocycles. The van der Waals surface area contributed by atoms with Crippen LogP contribution in [0.4, 0.5) is 0 Å². The molecule has 15 heavy (non-hydrogen) atoms. The minimum atomic E-state index is -0.177. The lowest BCUT2D eigenvalue weighted by atomic mass is 10.2. The molecule has 1 rings (SSSR count). The van der Waals surface area contributed by atoms with E-state index in [1.807, 2.05) is 24.3 Å². The quantitative estimate of drug-likeness (QED) is 0.452. The lowest BCUT2D eigenvalue weighted by Crippen LogP contribution is -2.06. The first-order valence-corrected chi connectivity index (χ1v) is 6.21. The standard InChI is InChI=1S/C11H13ClO2S/c1-2-14-11(13)8-15-10-5-3-9(7-12)4-6-10/h3-6H,2,7-8H2,1H3. The van der Waals surface area contributed by atoms with Gasteiger partial charge in [0, 0.05) is 10.8 Å². The zero-order valence-electron chi connectivity index (χ0n) is 8.53. The van der Waals surface area contributed by atoms with E-state index >= 15 is 0 Å². The van der Waals surface area contributed by atoms with Gasteiger partial charge in [0.15, 0.2) is 0 Å². The maximum atomic E-state index is 11.1. The molecule has 0 aliphatic rings. The van der Waals surface area contributed by atoms with Crippen LogP contribution in [0.3, 0.4) is 0 Å². The van der Waals surface area contributed by atoms with Crippen molar-refractivity contribution < 1.29 is 9.53 Å². The van der Waals surface area contributed by atoms with Crippen molar-refractivity contribution in [3.8, 4) is 0 Å². The van der Waals surface area contributed by atoms with Gasteiger partial charge in [-0.2, -0.15) is 0 Å². The first-order chi connectivity index (χ1) is 7.26. The highest BCUT2D eigenvalue weighted by atomic mass is 35.5. The van der Waals surface area contributed by atoms with Gasteiger partial charge in [0.2, 0.25) is 0 Å². The van der Waals surface area contributed by atoms with Gasteiger partial charge in [-0.15, -0.1) is 23.4 Å². The summed E-state index contributed by atoms with van der Waals surface area (Å²) in [7, 11) is 0. The van der Waals surface area contributed by atoms with Crippen LogP contribution in [0.2, 0.25) is 0 Å². The summed E-state index contributed by atoms with van der Waals surface area (Å²) in [6.07, 6.45) is 0. The number of benzene rings is 1. The molecule has 4 heteroatoms.